The van der Waals surface area contributed by atoms with E-state index in [0.29, 0.717) is 44.2 Å². The lowest BCUT2D eigenvalue weighted by atomic mass is 9.57. The Morgan fingerprint density at radius 2 is 1.71 bits per heavy atom. The highest BCUT2D eigenvalue weighted by atomic mass is 19.1. The van der Waals surface area contributed by atoms with Crippen molar-refractivity contribution in [3.63, 3.8) is 0 Å². The van der Waals surface area contributed by atoms with Crippen LogP contribution in [0.5, 0.6) is 0 Å². The van der Waals surface area contributed by atoms with E-state index in [1.807, 2.05) is 0 Å². The van der Waals surface area contributed by atoms with Crippen molar-refractivity contribution in [1.29, 1.82) is 0 Å². The molecule has 3 saturated carbocycles. The van der Waals surface area contributed by atoms with E-state index in [4.69, 9.17) is 0 Å². The van der Waals surface area contributed by atoms with Crippen LogP contribution in [0.1, 0.15) is 54.6 Å². The van der Waals surface area contributed by atoms with E-state index < -0.39 is 28.9 Å². The van der Waals surface area contributed by atoms with Gasteiger partial charge in [-0.1, -0.05) is 12.1 Å². The maximum absolute atomic E-state index is 13.1. The molecule has 4 N–H and O–H groups in total. The molecule has 11 heteroatoms. The zero-order valence-corrected chi connectivity index (χ0v) is 18.9. The van der Waals surface area contributed by atoms with Gasteiger partial charge >= 0.3 is 12.0 Å². The maximum Gasteiger partial charge on any atom is 0.320 e. The van der Waals surface area contributed by atoms with E-state index in [-0.39, 0.29) is 23.9 Å². The second-order valence-corrected chi connectivity index (χ2v) is 9.38. The van der Waals surface area contributed by atoms with E-state index in [1.165, 1.54) is 28.9 Å². The number of amides is 3. The number of hydrogen-bond donors (Lipinski definition) is 4. The van der Waals surface area contributed by atoms with Gasteiger partial charge in [-0.25, -0.2) is 14.2 Å². The van der Waals surface area contributed by atoms with Crippen LogP contribution in [0.4, 0.5) is 15.0 Å². The fraction of sp³-hybridized carbons (Fsp3) is 0.375. The van der Waals surface area contributed by atoms with E-state index in [0.717, 1.165) is 5.56 Å². The number of fused-ring (bicyclic) bond motifs is 4. The predicted molar refractivity (Wildman–Crippen MR) is 123 cm³/mol. The fourth-order valence-electron chi connectivity index (χ4n) is 5.08. The minimum atomic E-state index is -0.752. The summed E-state index contributed by atoms with van der Waals surface area (Å²) < 4.78 is 14.5. The first-order chi connectivity index (χ1) is 16.8. The van der Waals surface area contributed by atoms with Crippen molar-refractivity contribution >= 4 is 29.4 Å². The third-order valence-electron chi connectivity index (χ3n) is 7.28. The molecule has 0 atom stereocenters. The zero-order valence-electron chi connectivity index (χ0n) is 18.9. The van der Waals surface area contributed by atoms with E-state index in [2.05, 4.69) is 26.0 Å². The third-order valence-corrected chi connectivity index (χ3v) is 7.28. The number of benzene rings is 1. The van der Waals surface area contributed by atoms with Crippen LogP contribution in [0, 0.1) is 11.2 Å². The van der Waals surface area contributed by atoms with Gasteiger partial charge in [0.1, 0.15) is 17.3 Å². The van der Waals surface area contributed by atoms with Gasteiger partial charge in [0.25, 0.3) is 5.91 Å². The van der Waals surface area contributed by atoms with Gasteiger partial charge in [0.05, 0.1) is 11.6 Å². The minimum Gasteiger partial charge on any atom is -0.481 e. The Morgan fingerprint density at radius 1 is 1.03 bits per heavy atom. The van der Waals surface area contributed by atoms with Gasteiger partial charge in [0.15, 0.2) is 5.65 Å². The van der Waals surface area contributed by atoms with Gasteiger partial charge in [0, 0.05) is 24.2 Å². The molecule has 3 amide bonds. The number of carboxylic acids is 1. The molecule has 2 aromatic heterocycles. The summed E-state index contributed by atoms with van der Waals surface area (Å²) in [6.07, 6.45) is 4.96. The molecule has 3 fully saturated rings. The summed E-state index contributed by atoms with van der Waals surface area (Å²) in [6.45, 7) is 0.189. The van der Waals surface area contributed by atoms with Gasteiger partial charge in [-0.15, -0.1) is 0 Å². The number of urea groups is 1. The Hall–Kier alpha value is -4.02. The summed E-state index contributed by atoms with van der Waals surface area (Å²) in [7, 11) is 0. The van der Waals surface area contributed by atoms with Crippen molar-refractivity contribution < 1.29 is 23.9 Å². The molecule has 3 aliphatic rings. The molecule has 2 heterocycles. The van der Waals surface area contributed by atoms with E-state index in [1.54, 1.807) is 18.2 Å². The predicted octanol–water partition coefficient (Wildman–Crippen LogP) is 3.10. The number of carbonyl (C=O) groups is 3. The molecule has 3 aliphatic carbocycles. The summed E-state index contributed by atoms with van der Waals surface area (Å²) in [6, 6.07) is 8.40. The first-order valence-corrected chi connectivity index (χ1v) is 11.5. The third kappa shape index (κ3) is 4.41. The molecule has 2 bridgehead atoms. The molecule has 3 aromatic rings. The standard InChI is InChI=1S/C24H25FN6O4/c25-16-3-1-15(2-4-16)14-26-20(32)17-13-19(31-18(28-17)5-12-27-31)29-22(35)30-24-9-6-23(7-10-24,8-11-24)21(33)34/h1-5,12-13H,6-11,14H2,(H,26,32)(H,33,34)(H2,29,30,35). The summed E-state index contributed by atoms with van der Waals surface area (Å²) in [5.74, 6) is -1.29. The molecule has 0 aliphatic heterocycles. The number of nitrogens with zero attached hydrogens (tertiary/aromatic N) is 3. The number of anilines is 1. The molecule has 10 nitrogen and oxygen atoms in total. The van der Waals surface area contributed by atoms with Crippen LogP contribution in [0.3, 0.4) is 0 Å². The fourth-order valence-corrected chi connectivity index (χ4v) is 5.08. The van der Waals surface area contributed by atoms with Crippen molar-refractivity contribution in [2.75, 3.05) is 5.32 Å². The first-order valence-electron chi connectivity index (χ1n) is 11.5. The quantitative estimate of drug-likeness (QED) is 0.428. The topological polar surface area (TPSA) is 138 Å². The van der Waals surface area contributed by atoms with Crippen molar-refractivity contribution in [2.45, 2.75) is 50.6 Å². The Bertz CT molecular complexity index is 1280. The summed E-state index contributed by atoms with van der Waals surface area (Å²) in [4.78, 5) is 41.6. The Balaban J connectivity index is 1.28. The molecular formula is C24H25FN6O4. The van der Waals surface area contributed by atoms with Crippen molar-refractivity contribution in [1.82, 2.24) is 25.2 Å². The Morgan fingerprint density at radius 3 is 2.37 bits per heavy atom. The van der Waals surface area contributed by atoms with Crippen molar-refractivity contribution in [3.05, 3.63) is 59.7 Å². The molecule has 0 unspecified atom stereocenters. The van der Waals surface area contributed by atoms with Crippen LogP contribution < -0.4 is 16.0 Å². The molecule has 182 valence electrons. The summed E-state index contributed by atoms with van der Waals surface area (Å²) in [5.41, 5.74) is 0.105. The molecule has 35 heavy (non-hydrogen) atoms. The molecule has 0 radical (unpaired) electrons. The lowest BCUT2D eigenvalue weighted by molar-refractivity contribution is -0.156. The van der Waals surface area contributed by atoms with Gasteiger partial charge in [-0.2, -0.15) is 9.61 Å². The van der Waals surface area contributed by atoms with Crippen LogP contribution in [0.2, 0.25) is 0 Å². The lowest BCUT2D eigenvalue weighted by Gasteiger charge is -2.51. The average Bonchev–Trinajstić information content (AvgIpc) is 3.33. The highest BCUT2D eigenvalue weighted by molar-refractivity contribution is 5.95. The molecule has 0 spiro atoms. The number of aliphatic carboxylic acids is 1. The molecule has 6 rings (SSSR count). The normalized spacial score (nSPS) is 23.1. The van der Waals surface area contributed by atoms with Crippen LogP contribution in [0.15, 0.2) is 42.6 Å². The second-order valence-electron chi connectivity index (χ2n) is 9.38. The number of rotatable bonds is 6. The van der Waals surface area contributed by atoms with Crippen LogP contribution >= 0.6 is 0 Å². The average molecular weight is 481 g/mol. The van der Waals surface area contributed by atoms with Crippen LogP contribution in [-0.2, 0) is 11.3 Å². The molecule has 1 aromatic carbocycles. The van der Waals surface area contributed by atoms with Crippen LogP contribution in [0.25, 0.3) is 5.65 Å². The maximum atomic E-state index is 13.1. The summed E-state index contributed by atoms with van der Waals surface area (Å²) in [5, 5.41) is 22.3. The number of halogens is 1. The largest absolute Gasteiger partial charge is 0.481 e. The van der Waals surface area contributed by atoms with E-state index >= 15 is 0 Å². The number of aromatic nitrogens is 3. The number of hydrogen-bond acceptors (Lipinski definition) is 5. The zero-order chi connectivity index (χ0) is 24.6. The summed E-state index contributed by atoms with van der Waals surface area (Å²) >= 11 is 0. The number of carboxylic acid groups (broad SMARTS) is 1. The molecular weight excluding hydrogens is 455 g/mol. The highest BCUT2D eigenvalue weighted by Gasteiger charge is 2.53. The Kier molecular flexibility index (Phi) is 5.62. The van der Waals surface area contributed by atoms with Gasteiger partial charge in [0.2, 0.25) is 0 Å². The van der Waals surface area contributed by atoms with Crippen LogP contribution in [-0.4, -0.2) is 43.2 Å². The van der Waals surface area contributed by atoms with Crippen molar-refractivity contribution in [2.24, 2.45) is 5.41 Å². The van der Waals surface area contributed by atoms with Gasteiger partial charge < -0.3 is 15.7 Å². The second kappa shape index (κ2) is 8.64. The minimum absolute atomic E-state index is 0.0927. The Labute approximate surface area is 199 Å². The van der Waals surface area contributed by atoms with Gasteiger partial charge in [-0.3, -0.25) is 14.9 Å². The number of nitrogens with one attached hydrogen (secondary N) is 3. The lowest BCUT2D eigenvalue weighted by Crippen LogP contribution is -2.59. The highest BCUT2D eigenvalue weighted by Crippen LogP contribution is 2.52. The molecule has 0 saturated heterocycles. The SMILES string of the molecule is O=C(Nc1cc(C(=O)NCc2ccc(F)cc2)nc2ccnn12)NC12CCC(C(=O)O)(CC1)CC2. The monoisotopic (exact) mass is 480 g/mol. The first kappa shape index (κ1) is 22.8. The number of carbonyl (C=O) groups excluding carboxylic acids is 2. The van der Waals surface area contributed by atoms with E-state index in [9.17, 15) is 23.9 Å². The van der Waals surface area contributed by atoms with Gasteiger partial charge in [-0.05, 0) is 56.2 Å². The smallest absolute Gasteiger partial charge is 0.320 e. The van der Waals surface area contributed by atoms with Crippen molar-refractivity contribution in [3.8, 4) is 0 Å².